The van der Waals surface area contributed by atoms with Gasteiger partial charge in [0.25, 0.3) is 0 Å². The Morgan fingerprint density at radius 2 is 2.05 bits per heavy atom. The largest absolute Gasteiger partial charge is 0.465 e. The number of nitrogens with one attached hydrogen (secondary N) is 1. The monoisotopic (exact) mass is 301 g/mol. The molecule has 1 aromatic carbocycles. The number of hydrogen-bond donors (Lipinski definition) is 1. The van der Waals surface area contributed by atoms with Crippen LogP contribution in [-0.4, -0.2) is 30.9 Å². The highest BCUT2D eigenvalue weighted by Crippen LogP contribution is 2.24. The molecule has 0 fully saturated rings. The van der Waals surface area contributed by atoms with Crippen LogP contribution in [0.25, 0.3) is 0 Å². The standard InChI is InChI=1S/C14H20ClNO2S/c1-4-18-13(17)14(2,16-3)9-10-19-12-7-5-11(15)6-8-12/h5-8,16H,4,9-10H2,1-3H3. The molecular weight excluding hydrogens is 282 g/mol. The van der Waals surface area contributed by atoms with Crippen LogP contribution in [0.2, 0.25) is 5.02 Å². The number of carbonyl (C=O) groups is 1. The van der Waals surface area contributed by atoms with Crippen molar-refractivity contribution < 1.29 is 9.53 Å². The molecular formula is C14H20ClNO2S. The first kappa shape index (κ1) is 16.3. The molecule has 0 radical (unpaired) electrons. The van der Waals surface area contributed by atoms with Crippen molar-refractivity contribution in [1.29, 1.82) is 0 Å². The van der Waals surface area contributed by atoms with Crippen molar-refractivity contribution in [3.63, 3.8) is 0 Å². The van der Waals surface area contributed by atoms with Crippen molar-refractivity contribution in [2.75, 3.05) is 19.4 Å². The Bertz CT molecular complexity index is 410. The fraction of sp³-hybridized carbons (Fsp3) is 0.500. The van der Waals surface area contributed by atoms with Crippen LogP contribution in [0.3, 0.4) is 0 Å². The van der Waals surface area contributed by atoms with E-state index < -0.39 is 5.54 Å². The highest BCUT2D eigenvalue weighted by atomic mass is 35.5. The molecule has 5 heteroatoms. The Hall–Kier alpha value is -0.710. The first-order valence-electron chi connectivity index (χ1n) is 6.26. The second-order valence-corrected chi connectivity index (χ2v) is 5.96. The molecule has 19 heavy (non-hydrogen) atoms. The normalized spacial score (nSPS) is 13.9. The van der Waals surface area contributed by atoms with Crippen molar-refractivity contribution >= 4 is 29.3 Å². The molecule has 0 aliphatic rings. The smallest absolute Gasteiger partial charge is 0.326 e. The maximum absolute atomic E-state index is 11.9. The first-order valence-corrected chi connectivity index (χ1v) is 7.62. The van der Waals surface area contributed by atoms with E-state index in [1.165, 1.54) is 0 Å². The van der Waals surface area contributed by atoms with Crippen molar-refractivity contribution in [2.45, 2.75) is 30.7 Å². The van der Waals surface area contributed by atoms with Crippen LogP contribution in [-0.2, 0) is 9.53 Å². The summed E-state index contributed by atoms with van der Waals surface area (Å²) in [6.07, 6.45) is 0.704. The van der Waals surface area contributed by atoms with E-state index in [0.717, 1.165) is 15.7 Å². The van der Waals surface area contributed by atoms with Crippen molar-refractivity contribution in [3.05, 3.63) is 29.3 Å². The summed E-state index contributed by atoms with van der Waals surface area (Å²) in [5.74, 6) is 0.631. The predicted octanol–water partition coefficient (Wildman–Crippen LogP) is 3.36. The van der Waals surface area contributed by atoms with Crippen LogP contribution in [0.5, 0.6) is 0 Å². The second-order valence-electron chi connectivity index (χ2n) is 4.35. The lowest BCUT2D eigenvalue weighted by molar-refractivity contribution is -0.150. The van der Waals surface area contributed by atoms with E-state index in [2.05, 4.69) is 5.32 Å². The summed E-state index contributed by atoms with van der Waals surface area (Å²) in [5, 5.41) is 3.78. The van der Waals surface area contributed by atoms with Gasteiger partial charge in [-0.15, -0.1) is 11.8 Å². The van der Waals surface area contributed by atoms with Crippen LogP contribution >= 0.6 is 23.4 Å². The fourth-order valence-corrected chi connectivity index (χ4v) is 2.72. The molecule has 1 unspecified atom stereocenters. The van der Waals surface area contributed by atoms with Crippen LogP contribution in [0, 0.1) is 0 Å². The van der Waals surface area contributed by atoms with Gasteiger partial charge in [-0.2, -0.15) is 0 Å². The average molecular weight is 302 g/mol. The summed E-state index contributed by atoms with van der Waals surface area (Å²) in [6.45, 7) is 4.09. The third-order valence-electron chi connectivity index (χ3n) is 2.96. The van der Waals surface area contributed by atoms with E-state index in [1.54, 1.807) is 18.8 Å². The van der Waals surface area contributed by atoms with Gasteiger partial charge in [0, 0.05) is 15.7 Å². The number of likely N-dealkylation sites (N-methyl/N-ethyl adjacent to an activating group) is 1. The van der Waals surface area contributed by atoms with Gasteiger partial charge in [-0.25, -0.2) is 0 Å². The van der Waals surface area contributed by atoms with Crippen molar-refractivity contribution in [2.24, 2.45) is 0 Å². The molecule has 1 atom stereocenters. The molecule has 1 aromatic rings. The molecule has 106 valence electrons. The number of rotatable bonds is 7. The Balaban J connectivity index is 2.49. The summed E-state index contributed by atoms with van der Waals surface area (Å²) in [4.78, 5) is 13.0. The number of ether oxygens (including phenoxy) is 1. The number of benzene rings is 1. The van der Waals surface area contributed by atoms with Crippen molar-refractivity contribution in [3.8, 4) is 0 Å². The Morgan fingerprint density at radius 3 is 2.58 bits per heavy atom. The minimum Gasteiger partial charge on any atom is -0.465 e. The van der Waals surface area contributed by atoms with E-state index in [4.69, 9.17) is 16.3 Å². The Labute approximate surface area is 124 Å². The summed E-state index contributed by atoms with van der Waals surface area (Å²) in [5.41, 5.74) is -0.630. The number of carbonyl (C=O) groups excluding carboxylic acids is 1. The molecule has 0 aliphatic carbocycles. The van der Waals surface area contributed by atoms with Gasteiger partial charge in [0.2, 0.25) is 0 Å². The Morgan fingerprint density at radius 1 is 1.42 bits per heavy atom. The van der Waals surface area contributed by atoms with Gasteiger partial charge >= 0.3 is 5.97 Å². The lowest BCUT2D eigenvalue weighted by Gasteiger charge is -2.26. The highest BCUT2D eigenvalue weighted by molar-refractivity contribution is 7.99. The van der Waals surface area contributed by atoms with Gasteiger partial charge in [-0.05, 0) is 51.6 Å². The zero-order valence-electron chi connectivity index (χ0n) is 11.5. The fourth-order valence-electron chi connectivity index (χ4n) is 1.52. The number of halogens is 1. The minimum atomic E-state index is -0.630. The molecule has 0 aliphatic heterocycles. The predicted molar refractivity (Wildman–Crippen MR) is 80.9 cm³/mol. The van der Waals surface area contributed by atoms with Gasteiger partial charge in [0.1, 0.15) is 5.54 Å². The molecule has 0 spiro atoms. The molecule has 0 heterocycles. The number of esters is 1. The summed E-state index contributed by atoms with van der Waals surface area (Å²) in [7, 11) is 1.78. The summed E-state index contributed by atoms with van der Waals surface area (Å²) >= 11 is 7.54. The van der Waals surface area contributed by atoms with Crippen LogP contribution in [0.1, 0.15) is 20.3 Å². The van der Waals surface area contributed by atoms with E-state index >= 15 is 0 Å². The number of thioether (sulfide) groups is 1. The molecule has 0 amide bonds. The topological polar surface area (TPSA) is 38.3 Å². The average Bonchev–Trinajstić information content (AvgIpc) is 2.41. The maximum Gasteiger partial charge on any atom is 0.326 e. The van der Waals surface area contributed by atoms with Gasteiger partial charge in [0.05, 0.1) is 6.61 Å². The summed E-state index contributed by atoms with van der Waals surface area (Å²) in [6, 6.07) is 7.70. The Kier molecular flexibility index (Phi) is 6.69. The zero-order valence-corrected chi connectivity index (χ0v) is 13.1. The quantitative estimate of drug-likeness (QED) is 0.619. The van der Waals surface area contributed by atoms with Gasteiger partial charge in [-0.1, -0.05) is 11.6 Å². The molecule has 3 nitrogen and oxygen atoms in total. The molecule has 1 N–H and O–H groups in total. The van der Waals surface area contributed by atoms with Crippen LogP contribution < -0.4 is 5.32 Å². The molecule has 1 rings (SSSR count). The molecule has 0 saturated heterocycles. The zero-order chi connectivity index (χ0) is 14.3. The van der Waals surface area contributed by atoms with Gasteiger partial charge in [-0.3, -0.25) is 4.79 Å². The minimum absolute atomic E-state index is 0.200. The SMILES string of the molecule is CCOC(=O)C(C)(CCSc1ccc(Cl)cc1)NC. The molecule has 0 aromatic heterocycles. The van der Waals surface area contributed by atoms with Gasteiger partial charge < -0.3 is 10.1 Å². The highest BCUT2D eigenvalue weighted by Gasteiger charge is 2.32. The lowest BCUT2D eigenvalue weighted by atomic mass is 10.00. The lowest BCUT2D eigenvalue weighted by Crippen LogP contribution is -2.49. The van der Waals surface area contributed by atoms with E-state index in [9.17, 15) is 4.79 Å². The van der Waals surface area contributed by atoms with Crippen LogP contribution in [0.4, 0.5) is 0 Å². The third-order valence-corrected chi connectivity index (χ3v) is 4.23. The van der Waals surface area contributed by atoms with E-state index in [1.807, 2.05) is 38.1 Å². The molecule has 0 bridgehead atoms. The maximum atomic E-state index is 11.9. The number of hydrogen-bond acceptors (Lipinski definition) is 4. The van der Waals surface area contributed by atoms with Crippen LogP contribution in [0.15, 0.2) is 29.2 Å². The molecule has 0 saturated carbocycles. The third kappa shape index (κ3) is 5.05. The van der Waals surface area contributed by atoms with Crippen molar-refractivity contribution in [1.82, 2.24) is 5.32 Å². The van der Waals surface area contributed by atoms with E-state index in [0.29, 0.717) is 13.0 Å². The summed E-state index contributed by atoms with van der Waals surface area (Å²) < 4.78 is 5.09. The van der Waals surface area contributed by atoms with Gasteiger partial charge in [0.15, 0.2) is 0 Å². The first-order chi connectivity index (χ1) is 9.01. The van der Waals surface area contributed by atoms with E-state index in [-0.39, 0.29) is 5.97 Å². The second kappa shape index (κ2) is 7.78.